The van der Waals surface area contributed by atoms with Crippen molar-refractivity contribution < 1.29 is 9.59 Å². The van der Waals surface area contributed by atoms with Crippen LogP contribution in [0.5, 0.6) is 0 Å². The van der Waals surface area contributed by atoms with E-state index in [9.17, 15) is 9.59 Å². The molecule has 0 radical (unpaired) electrons. The predicted octanol–water partition coefficient (Wildman–Crippen LogP) is 4.57. The fraction of sp³-hybridized carbons (Fsp3) is 0.100. The van der Waals surface area contributed by atoms with E-state index in [-0.39, 0.29) is 16.3 Å². The average molecular weight is 492 g/mol. The molecular weight excluding hydrogens is 476 g/mol. The minimum Gasteiger partial charge on any atom is -0.267 e. The van der Waals surface area contributed by atoms with Crippen molar-refractivity contribution in [3.63, 3.8) is 0 Å². The Kier molecular flexibility index (Phi) is 7.24. The first-order valence-corrected chi connectivity index (χ1v) is 10.7. The molecule has 0 aliphatic heterocycles. The molecule has 0 saturated carbocycles. The molecule has 0 aliphatic rings. The summed E-state index contributed by atoms with van der Waals surface area (Å²) in [6, 6.07) is 14.6. The summed E-state index contributed by atoms with van der Waals surface area (Å²) in [6.45, 7) is 2.04. The lowest BCUT2D eigenvalue weighted by molar-refractivity contribution is 0.0843. The Morgan fingerprint density at radius 1 is 1.07 bits per heavy atom. The maximum Gasteiger partial charge on any atom is 0.289 e. The molecule has 0 saturated heterocycles. The summed E-state index contributed by atoms with van der Waals surface area (Å²) in [5.41, 5.74) is 7.41. The van der Waals surface area contributed by atoms with E-state index in [2.05, 4.69) is 36.7 Å². The molecule has 0 aliphatic carbocycles. The highest BCUT2D eigenvalue weighted by atomic mass is 79.9. The second-order valence-corrected chi connectivity index (χ2v) is 8.16. The predicted molar refractivity (Wildman–Crippen MR) is 117 cm³/mol. The van der Waals surface area contributed by atoms with Crippen LogP contribution in [0.1, 0.15) is 32.0 Å². The molecule has 2 aromatic carbocycles. The number of nitrogens with one attached hydrogen (secondary N) is 2. The van der Waals surface area contributed by atoms with E-state index in [1.165, 1.54) is 29.1 Å². The fourth-order valence-electron chi connectivity index (χ4n) is 2.38. The van der Waals surface area contributed by atoms with Crippen LogP contribution in [0, 0.1) is 6.92 Å². The van der Waals surface area contributed by atoms with Crippen LogP contribution in [-0.2, 0) is 5.75 Å². The summed E-state index contributed by atoms with van der Waals surface area (Å²) in [5.74, 6) is -0.417. The van der Waals surface area contributed by atoms with Crippen LogP contribution in [-0.4, -0.2) is 21.8 Å². The Morgan fingerprint density at radius 2 is 1.76 bits per heavy atom. The van der Waals surface area contributed by atoms with Crippen LogP contribution >= 0.6 is 39.3 Å². The number of amides is 2. The number of aryl methyl sites for hydroxylation is 1. The molecule has 3 aromatic rings. The summed E-state index contributed by atoms with van der Waals surface area (Å²) >= 11 is 10.7. The highest BCUT2D eigenvalue weighted by Gasteiger charge is 2.16. The van der Waals surface area contributed by atoms with E-state index in [1.54, 1.807) is 24.3 Å². The van der Waals surface area contributed by atoms with Gasteiger partial charge in [0.2, 0.25) is 0 Å². The van der Waals surface area contributed by atoms with Crippen molar-refractivity contribution in [3.8, 4) is 0 Å². The zero-order valence-corrected chi connectivity index (χ0v) is 18.4. The summed E-state index contributed by atoms with van der Waals surface area (Å²) < 4.78 is 0.419. The number of thioether (sulfide) groups is 1. The lowest BCUT2D eigenvalue weighted by Gasteiger charge is -2.10. The largest absolute Gasteiger partial charge is 0.289 e. The first-order valence-electron chi connectivity index (χ1n) is 8.50. The molecule has 0 bridgehead atoms. The van der Waals surface area contributed by atoms with Crippen LogP contribution in [0.3, 0.4) is 0 Å². The van der Waals surface area contributed by atoms with Crippen LogP contribution in [0.2, 0.25) is 5.02 Å². The molecule has 6 nitrogen and oxygen atoms in total. The molecule has 148 valence electrons. The van der Waals surface area contributed by atoms with Gasteiger partial charge in [0.05, 0.1) is 15.1 Å². The van der Waals surface area contributed by atoms with Crippen LogP contribution in [0.25, 0.3) is 0 Å². The smallest absolute Gasteiger partial charge is 0.267 e. The highest BCUT2D eigenvalue weighted by molar-refractivity contribution is 9.10. The number of hydrogen-bond donors (Lipinski definition) is 2. The quantitative estimate of drug-likeness (QED) is 0.310. The Morgan fingerprint density at radius 3 is 2.52 bits per heavy atom. The van der Waals surface area contributed by atoms with Gasteiger partial charge in [-0.3, -0.25) is 20.4 Å². The van der Waals surface area contributed by atoms with Gasteiger partial charge in [-0.05, 0) is 46.1 Å². The molecule has 9 heteroatoms. The molecule has 3 rings (SSSR count). The number of benzene rings is 2. The fourth-order valence-corrected chi connectivity index (χ4v) is 3.86. The van der Waals surface area contributed by atoms with Gasteiger partial charge in [-0.25, -0.2) is 9.97 Å². The van der Waals surface area contributed by atoms with Gasteiger partial charge in [0.1, 0.15) is 5.69 Å². The number of carbonyl (C=O) groups is 2. The van der Waals surface area contributed by atoms with Gasteiger partial charge in [-0.2, -0.15) is 0 Å². The summed E-state index contributed by atoms with van der Waals surface area (Å²) in [6.07, 6.45) is 1.51. The van der Waals surface area contributed by atoms with Gasteiger partial charge in [0.25, 0.3) is 11.8 Å². The lowest BCUT2D eigenvalue weighted by atomic mass is 10.1. The van der Waals surface area contributed by atoms with E-state index >= 15 is 0 Å². The zero-order chi connectivity index (χ0) is 20.8. The minimum absolute atomic E-state index is 0.117. The standard InChI is InChI=1S/C20H16BrClN4O2S/c1-12-6-2-3-7-13(12)11-29-20-23-10-15(21)17(24-20)19(28)26-25-18(27)14-8-4-5-9-16(14)22/h2-10H,11H2,1H3,(H,25,27)(H,26,28). The zero-order valence-electron chi connectivity index (χ0n) is 15.3. The van der Waals surface area contributed by atoms with E-state index in [4.69, 9.17) is 11.6 Å². The van der Waals surface area contributed by atoms with Crippen LogP contribution in [0.4, 0.5) is 0 Å². The first kappa shape index (κ1) is 21.3. The summed E-state index contributed by atoms with van der Waals surface area (Å²) in [4.78, 5) is 33.2. The van der Waals surface area contributed by atoms with Gasteiger partial charge in [-0.1, -0.05) is 59.8 Å². The lowest BCUT2D eigenvalue weighted by Crippen LogP contribution is -2.42. The Hall–Kier alpha value is -2.42. The van der Waals surface area contributed by atoms with Crippen molar-refractivity contribution in [3.05, 3.63) is 86.6 Å². The summed E-state index contributed by atoms with van der Waals surface area (Å²) in [5, 5.41) is 0.747. The molecular formula is C20H16BrClN4O2S. The van der Waals surface area contributed by atoms with E-state index in [1.807, 2.05) is 31.2 Å². The molecule has 0 spiro atoms. The topological polar surface area (TPSA) is 84.0 Å². The molecule has 1 aromatic heterocycles. The molecule has 0 unspecified atom stereocenters. The maximum absolute atomic E-state index is 12.5. The number of hydrazine groups is 1. The van der Waals surface area contributed by atoms with Crippen molar-refractivity contribution in [2.45, 2.75) is 17.8 Å². The van der Waals surface area contributed by atoms with Crippen molar-refractivity contribution >= 4 is 51.1 Å². The SMILES string of the molecule is Cc1ccccc1CSc1ncc(Br)c(C(=O)NNC(=O)c2ccccc2Cl)n1. The monoisotopic (exact) mass is 490 g/mol. The molecule has 0 fully saturated rings. The number of rotatable bonds is 5. The Labute approximate surface area is 185 Å². The third kappa shape index (κ3) is 5.56. The molecule has 0 atom stereocenters. The van der Waals surface area contributed by atoms with Crippen molar-refractivity contribution in [2.75, 3.05) is 0 Å². The van der Waals surface area contributed by atoms with Gasteiger partial charge in [0.15, 0.2) is 5.16 Å². The summed E-state index contributed by atoms with van der Waals surface area (Å²) in [7, 11) is 0. The number of halogens is 2. The van der Waals surface area contributed by atoms with Crippen molar-refractivity contribution in [1.82, 2.24) is 20.8 Å². The minimum atomic E-state index is -0.572. The van der Waals surface area contributed by atoms with Gasteiger partial charge in [0, 0.05) is 11.9 Å². The highest BCUT2D eigenvalue weighted by Crippen LogP contribution is 2.23. The number of carbonyl (C=O) groups excluding carboxylic acids is 2. The van der Waals surface area contributed by atoms with Crippen molar-refractivity contribution in [1.29, 1.82) is 0 Å². The maximum atomic E-state index is 12.5. The molecule has 2 amide bonds. The molecule has 29 heavy (non-hydrogen) atoms. The van der Waals surface area contributed by atoms with Crippen molar-refractivity contribution in [2.24, 2.45) is 0 Å². The first-order chi connectivity index (χ1) is 14.0. The van der Waals surface area contributed by atoms with Crippen LogP contribution in [0.15, 0.2) is 64.4 Å². The van der Waals surface area contributed by atoms with Gasteiger partial charge < -0.3 is 0 Å². The molecule has 1 heterocycles. The second kappa shape index (κ2) is 9.87. The van der Waals surface area contributed by atoms with Crippen LogP contribution < -0.4 is 10.9 Å². The van der Waals surface area contributed by atoms with Gasteiger partial charge >= 0.3 is 0 Å². The Bertz CT molecular complexity index is 1060. The number of nitrogens with zero attached hydrogens (tertiary/aromatic N) is 2. The van der Waals surface area contributed by atoms with Gasteiger partial charge in [-0.15, -0.1) is 0 Å². The average Bonchev–Trinajstić information content (AvgIpc) is 2.72. The Balaban J connectivity index is 1.66. The number of hydrogen-bond acceptors (Lipinski definition) is 5. The normalized spacial score (nSPS) is 10.4. The second-order valence-electron chi connectivity index (χ2n) is 5.95. The van der Waals surface area contributed by atoms with E-state index in [0.29, 0.717) is 15.4 Å². The third-order valence-corrected chi connectivity index (χ3v) is 5.78. The number of aromatic nitrogens is 2. The third-order valence-electron chi connectivity index (χ3n) is 3.96. The van der Waals surface area contributed by atoms with E-state index < -0.39 is 11.8 Å². The van der Waals surface area contributed by atoms with E-state index in [0.717, 1.165) is 0 Å². The molecule has 2 N–H and O–H groups in total.